The molecule has 0 fully saturated rings. The largest absolute Gasteiger partial charge is 0.444 e. The van der Waals surface area contributed by atoms with Gasteiger partial charge >= 0.3 is 0 Å². The molecule has 0 saturated carbocycles. The second kappa shape index (κ2) is 10.2. The molecule has 1 atom stereocenters. The van der Waals surface area contributed by atoms with Gasteiger partial charge in [-0.1, -0.05) is 6.92 Å². The molecule has 23 heavy (non-hydrogen) atoms. The van der Waals surface area contributed by atoms with Crippen molar-refractivity contribution in [3.63, 3.8) is 0 Å². The molecular formula is C15H20Cl2FN3O2. The highest BCUT2D eigenvalue weighted by Crippen LogP contribution is 2.19. The Balaban J connectivity index is 0.00000242. The SMILES string of the molecule is CC(CN)CNC(=O)Cc1coc(-c2ccc(F)cc2)n1.Cl.Cl. The maximum Gasteiger partial charge on any atom is 0.226 e. The number of nitrogens with two attached hydrogens (primary N) is 1. The zero-order chi connectivity index (χ0) is 15.2. The van der Waals surface area contributed by atoms with Crippen LogP contribution in [0.4, 0.5) is 4.39 Å². The third-order valence-corrected chi connectivity index (χ3v) is 3.03. The summed E-state index contributed by atoms with van der Waals surface area (Å²) < 4.78 is 18.2. The van der Waals surface area contributed by atoms with Crippen molar-refractivity contribution >= 4 is 30.7 Å². The summed E-state index contributed by atoms with van der Waals surface area (Å²) in [5, 5.41) is 2.79. The average Bonchev–Trinajstić information content (AvgIpc) is 2.94. The van der Waals surface area contributed by atoms with Gasteiger partial charge in [0.15, 0.2) is 0 Å². The number of carbonyl (C=O) groups is 1. The lowest BCUT2D eigenvalue weighted by Crippen LogP contribution is -2.32. The van der Waals surface area contributed by atoms with Crippen molar-refractivity contribution in [3.8, 4) is 11.5 Å². The third kappa shape index (κ3) is 6.56. The molecule has 2 rings (SSSR count). The van der Waals surface area contributed by atoms with E-state index in [0.717, 1.165) is 0 Å². The van der Waals surface area contributed by atoms with Gasteiger partial charge in [-0.15, -0.1) is 24.8 Å². The molecule has 1 aromatic heterocycles. The van der Waals surface area contributed by atoms with E-state index in [1.54, 1.807) is 12.1 Å². The molecule has 0 aliphatic heterocycles. The summed E-state index contributed by atoms with van der Waals surface area (Å²) in [5.74, 6) is 0.155. The highest BCUT2D eigenvalue weighted by Gasteiger charge is 2.11. The van der Waals surface area contributed by atoms with E-state index in [-0.39, 0.29) is 48.9 Å². The van der Waals surface area contributed by atoms with Crippen LogP contribution in [0.3, 0.4) is 0 Å². The van der Waals surface area contributed by atoms with Gasteiger partial charge in [0.25, 0.3) is 0 Å². The number of amides is 1. The lowest BCUT2D eigenvalue weighted by atomic mass is 10.2. The first kappa shape index (κ1) is 21.4. The number of nitrogens with one attached hydrogen (secondary N) is 1. The number of benzene rings is 1. The Labute approximate surface area is 146 Å². The summed E-state index contributed by atoms with van der Waals surface area (Å²) in [6.45, 7) is 3.03. The predicted octanol–water partition coefficient (Wildman–Crippen LogP) is 2.58. The summed E-state index contributed by atoms with van der Waals surface area (Å²) in [6, 6.07) is 5.82. The highest BCUT2D eigenvalue weighted by molar-refractivity contribution is 5.85. The maximum atomic E-state index is 12.8. The van der Waals surface area contributed by atoms with Crippen molar-refractivity contribution in [1.82, 2.24) is 10.3 Å². The second-order valence-electron chi connectivity index (χ2n) is 4.97. The van der Waals surface area contributed by atoms with Gasteiger partial charge in [-0.05, 0) is 36.7 Å². The molecule has 8 heteroatoms. The van der Waals surface area contributed by atoms with Gasteiger partial charge in [-0.2, -0.15) is 0 Å². The lowest BCUT2D eigenvalue weighted by Gasteiger charge is -2.08. The number of halogens is 3. The molecule has 1 heterocycles. The van der Waals surface area contributed by atoms with Gasteiger partial charge in [0, 0.05) is 12.1 Å². The van der Waals surface area contributed by atoms with Crippen LogP contribution in [-0.2, 0) is 11.2 Å². The Morgan fingerprint density at radius 1 is 1.35 bits per heavy atom. The van der Waals surface area contributed by atoms with Crippen molar-refractivity contribution in [2.24, 2.45) is 11.7 Å². The van der Waals surface area contributed by atoms with E-state index >= 15 is 0 Å². The zero-order valence-electron chi connectivity index (χ0n) is 12.6. The Kier molecular flexibility index (Phi) is 9.48. The molecule has 0 spiro atoms. The quantitative estimate of drug-likeness (QED) is 0.826. The summed E-state index contributed by atoms with van der Waals surface area (Å²) in [6.07, 6.45) is 1.58. The van der Waals surface area contributed by atoms with Crippen molar-refractivity contribution in [2.75, 3.05) is 13.1 Å². The smallest absolute Gasteiger partial charge is 0.226 e. The van der Waals surface area contributed by atoms with Gasteiger partial charge in [-0.25, -0.2) is 9.37 Å². The maximum absolute atomic E-state index is 12.8. The van der Waals surface area contributed by atoms with E-state index in [9.17, 15) is 9.18 Å². The molecule has 5 nitrogen and oxygen atoms in total. The minimum Gasteiger partial charge on any atom is -0.444 e. The zero-order valence-corrected chi connectivity index (χ0v) is 14.3. The number of hydrogen-bond acceptors (Lipinski definition) is 4. The van der Waals surface area contributed by atoms with E-state index in [2.05, 4.69) is 10.3 Å². The minimum absolute atomic E-state index is 0. The summed E-state index contributed by atoms with van der Waals surface area (Å²) >= 11 is 0. The van der Waals surface area contributed by atoms with E-state index < -0.39 is 0 Å². The van der Waals surface area contributed by atoms with Crippen LogP contribution in [0.1, 0.15) is 12.6 Å². The van der Waals surface area contributed by atoms with Crippen LogP contribution in [0.5, 0.6) is 0 Å². The molecular weight excluding hydrogens is 344 g/mol. The molecule has 0 bridgehead atoms. The van der Waals surface area contributed by atoms with Crippen LogP contribution < -0.4 is 11.1 Å². The van der Waals surface area contributed by atoms with Crippen LogP contribution in [0.2, 0.25) is 0 Å². The number of nitrogens with zero attached hydrogens (tertiary/aromatic N) is 1. The predicted molar refractivity (Wildman–Crippen MR) is 91.3 cm³/mol. The number of oxazole rings is 1. The molecule has 1 unspecified atom stereocenters. The summed E-state index contributed by atoms with van der Waals surface area (Å²) in [5.41, 5.74) is 6.68. The van der Waals surface area contributed by atoms with Crippen LogP contribution in [0.25, 0.3) is 11.5 Å². The van der Waals surface area contributed by atoms with Crippen molar-refractivity contribution < 1.29 is 13.6 Å². The molecule has 0 aliphatic carbocycles. The standard InChI is InChI=1S/C15H18FN3O2.2ClH/c1-10(7-17)8-18-14(20)6-13-9-21-15(19-13)11-2-4-12(16)5-3-11;;/h2-5,9-10H,6-8,17H2,1H3,(H,18,20);2*1H. The third-order valence-electron chi connectivity index (χ3n) is 3.03. The lowest BCUT2D eigenvalue weighted by molar-refractivity contribution is -0.120. The van der Waals surface area contributed by atoms with Crippen molar-refractivity contribution in [1.29, 1.82) is 0 Å². The van der Waals surface area contributed by atoms with Gasteiger partial charge in [0.05, 0.1) is 12.1 Å². The van der Waals surface area contributed by atoms with Crippen LogP contribution in [-0.4, -0.2) is 24.0 Å². The van der Waals surface area contributed by atoms with E-state index in [1.807, 2.05) is 6.92 Å². The monoisotopic (exact) mass is 363 g/mol. The first-order valence-corrected chi connectivity index (χ1v) is 6.75. The van der Waals surface area contributed by atoms with Crippen molar-refractivity contribution in [3.05, 3.63) is 42.0 Å². The fourth-order valence-corrected chi connectivity index (χ4v) is 1.71. The fraction of sp³-hybridized carbons (Fsp3) is 0.333. The molecule has 0 radical (unpaired) electrons. The summed E-state index contributed by atoms with van der Waals surface area (Å²) in [7, 11) is 0. The first-order chi connectivity index (χ1) is 10.1. The van der Waals surface area contributed by atoms with Crippen LogP contribution in [0, 0.1) is 11.7 Å². The second-order valence-corrected chi connectivity index (χ2v) is 4.97. The molecule has 2 aromatic rings. The van der Waals surface area contributed by atoms with E-state index in [4.69, 9.17) is 10.2 Å². The molecule has 0 aliphatic rings. The normalized spacial score (nSPS) is 11.1. The number of rotatable bonds is 6. The molecule has 1 amide bonds. The first-order valence-electron chi connectivity index (χ1n) is 6.75. The summed E-state index contributed by atoms with van der Waals surface area (Å²) in [4.78, 5) is 16.0. The molecule has 3 N–H and O–H groups in total. The van der Waals surface area contributed by atoms with Gasteiger partial charge in [-0.3, -0.25) is 4.79 Å². The number of carbonyl (C=O) groups excluding carboxylic acids is 1. The van der Waals surface area contributed by atoms with Crippen molar-refractivity contribution in [2.45, 2.75) is 13.3 Å². The number of hydrogen-bond donors (Lipinski definition) is 2. The molecule has 128 valence electrons. The van der Waals surface area contributed by atoms with E-state index in [0.29, 0.717) is 30.2 Å². The average molecular weight is 364 g/mol. The highest BCUT2D eigenvalue weighted by atomic mass is 35.5. The van der Waals surface area contributed by atoms with E-state index in [1.165, 1.54) is 18.4 Å². The van der Waals surface area contributed by atoms with Gasteiger partial charge in [0.1, 0.15) is 12.1 Å². The fourth-order valence-electron chi connectivity index (χ4n) is 1.71. The Morgan fingerprint density at radius 2 is 2.00 bits per heavy atom. The van der Waals surface area contributed by atoms with Crippen LogP contribution >= 0.6 is 24.8 Å². The Bertz CT molecular complexity index is 605. The Morgan fingerprint density at radius 3 is 2.61 bits per heavy atom. The topological polar surface area (TPSA) is 81.1 Å². The molecule has 0 saturated heterocycles. The van der Waals surface area contributed by atoms with Gasteiger partial charge < -0.3 is 15.5 Å². The Hall–Kier alpha value is -1.63. The van der Waals surface area contributed by atoms with Crippen LogP contribution in [0.15, 0.2) is 34.9 Å². The van der Waals surface area contributed by atoms with Gasteiger partial charge in [0.2, 0.25) is 11.8 Å². The minimum atomic E-state index is -0.320. The number of aromatic nitrogens is 1. The molecule has 1 aromatic carbocycles.